The molecular formula is C16H18ClN5O2. The zero-order chi connectivity index (χ0) is 16.5. The Morgan fingerprint density at radius 1 is 1.29 bits per heavy atom. The lowest BCUT2D eigenvalue weighted by Crippen LogP contribution is -2.48. The summed E-state index contributed by atoms with van der Waals surface area (Å²) in [5.41, 5.74) is 0.458. The van der Waals surface area contributed by atoms with Gasteiger partial charge in [0.2, 0.25) is 5.89 Å². The maximum atomic E-state index is 12.5. The van der Waals surface area contributed by atoms with Crippen LogP contribution in [0.5, 0.6) is 0 Å². The topological polar surface area (TPSA) is 75.4 Å². The van der Waals surface area contributed by atoms with Crippen LogP contribution in [0.4, 0.5) is 0 Å². The van der Waals surface area contributed by atoms with E-state index >= 15 is 0 Å². The number of rotatable bonds is 4. The molecule has 0 aromatic carbocycles. The average Bonchev–Trinajstić information content (AvgIpc) is 3.35. The fourth-order valence-electron chi connectivity index (χ4n) is 2.85. The lowest BCUT2D eigenvalue weighted by Gasteiger charge is -2.34. The van der Waals surface area contributed by atoms with Crippen molar-refractivity contribution in [3.63, 3.8) is 0 Å². The fraction of sp³-hybridized carbons (Fsp3) is 0.500. The molecule has 2 fully saturated rings. The van der Waals surface area contributed by atoms with Gasteiger partial charge in [-0.3, -0.25) is 9.69 Å². The molecule has 0 bridgehead atoms. The average molecular weight is 348 g/mol. The van der Waals surface area contributed by atoms with Gasteiger partial charge in [0.05, 0.1) is 12.1 Å². The first-order valence-corrected chi connectivity index (χ1v) is 8.53. The Morgan fingerprint density at radius 2 is 2.08 bits per heavy atom. The predicted octanol–water partition coefficient (Wildman–Crippen LogP) is 1.95. The van der Waals surface area contributed by atoms with Gasteiger partial charge in [-0.2, -0.15) is 4.98 Å². The molecule has 0 radical (unpaired) electrons. The number of nitrogens with zero attached hydrogens (tertiary/aromatic N) is 5. The third-order valence-electron chi connectivity index (χ3n) is 4.42. The SMILES string of the molecule is O=C(c1cccnc1Cl)N1CCN(Cc2noc(C3CC3)n2)CC1. The van der Waals surface area contributed by atoms with Crippen LogP contribution in [0.15, 0.2) is 22.9 Å². The molecule has 1 aliphatic heterocycles. The third-order valence-corrected chi connectivity index (χ3v) is 4.73. The summed E-state index contributed by atoms with van der Waals surface area (Å²) in [6, 6.07) is 3.44. The quantitative estimate of drug-likeness (QED) is 0.787. The first kappa shape index (κ1) is 15.5. The largest absolute Gasteiger partial charge is 0.339 e. The Kier molecular flexibility index (Phi) is 4.20. The van der Waals surface area contributed by atoms with Crippen LogP contribution < -0.4 is 0 Å². The van der Waals surface area contributed by atoms with Crippen molar-refractivity contribution in [3.8, 4) is 0 Å². The van der Waals surface area contributed by atoms with Crippen molar-refractivity contribution in [1.82, 2.24) is 24.9 Å². The number of hydrogen-bond donors (Lipinski definition) is 0. The number of pyridine rings is 1. The predicted molar refractivity (Wildman–Crippen MR) is 86.7 cm³/mol. The Balaban J connectivity index is 1.32. The molecule has 0 unspecified atom stereocenters. The molecule has 1 amide bonds. The van der Waals surface area contributed by atoms with E-state index in [-0.39, 0.29) is 11.1 Å². The van der Waals surface area contributed by atoms with E-state index in [1.54, 1.807) is 18.3 Å². The molecule has 7 nitrogen and oxygen atoms in total. The molecule has 0 spiro atoms. The zero-order valence-corrected chi connectivity index (χ0v) is 13.9. The molecule has 8 heteroatoms. The number of halogens is 1. The smallest absolute Gasteiger partial charge is 0.257 e. The highest BCUT2D eigenvalue weighted by atomic mass is 35.5. The second kappa shape index (κ2) is 6.49. The van der Waals surface area contributed by atoms with Gasteiger partial charge in [0.15, 0.2) is 5.82 Å². The molecule has 126 valence electrons. The van der Waals surface area contributed by atoms with Crippen molar-refractivity contribution < 1.29 is 9.32 Å². The van der Waals surface area contributed by atoms with Crippen LogP contribution in [0, 0.1) is 0 Å². The normalized spacial score (nSPS) is 18.8. The van der Waals surface area contributed by atoms with E-state index in [9.17, 15) is 4.79 Å². The monoisotopic (exact) mass is 347 g/mol. The van der Waals surface area contributed by atoms with Gasteiger partial charge in [-0.1, -0.05) is 16.8 Å². The lowest BCUT2D eigenvalue weighted by atomic mass is 10.2. The van der Waals surface area contributed by atoms with Gasteiger partial charge in [0.1, 0.15) is 5.15 Å². The van der Waals surface area contributed by atoms with Gasteiger partial charge in [-0.15, -0.1) is 0 Å². The van der Waals surface area contributed by atoms with Crippen molar-refractivity contribution in [1.29, 1.82) is 0 Å². The Hall–Kier alpha value is -1.99. The van der Waals surface area contributed by atoms with Crippen LogP contribution in [-0.4, -0.2) is 57.0 Å². The van der Waals surface area contributed by atoms with Gasteiger partial charge >= 0.3 is 0 Å². The Labute approximate surface area is 144 Å². The summed E-state index contributed by atoms with van der Waals surface area (Å²) in [6.45, 7) is 3.51. The van der Waals surface area contributed by atoms with Gasteiger partial charge in [-0.05, 0) is 25.0 Å². The summed E-state index contributed by atoms with van der Waals surface area (Å²) in [5, 5.41) is 4.30. The third kappa shape index (κ3) is 3.27. The fourth-order valence-corrected chi connectivity index (χ4v) is 3.05. The first-order chi connectivity index (χ1) is 11.7. The molecule has 2 aliphatic rings. The van der Waals surface area contributed by atoms with Crippen LogP contribution in [0.1, 0.15) is 40.8 Å². The van der Waals surface area contributed by atoms with E-state index in [2.05, 4.69) is 20.0 Å². The maximum absolute atomic E-state index is 12.5. The molecule has 2 aromatic rings. The van der Waals surface area contributed by atoms with Crippen LogP contribution in [0.2, 0.25) is 5.15 Å². The molecule has 0 N–H and O–H groups in total. The summed E-state index contributed by atoms with van der Waals surface area (Å²) < 4.78 is 5.29. The van der Waals surface area contributed by atoms with Crippen LogP contribution in [-0.2, 0) is 6.54 Å². The molecule has 4 rings (SSSR count). The number of hydrogen-bond acceptors (Lipinski definition) is 6. The minimum absolute atomic E-state index is 0.0664. The van der Waals surface area contributed by atoms with Crippen molar-refractivity contribution in [2.45, 2.75) is 25.3 Å². The van der Waals surface area contributed by atoms with Crippen LogP contribution >= 0.6 is 11.6 Å². The minimum atomic E-state index is -0.0664. The van der Waals surface area contributed by atoms with Gasteiger partial charge in [-0.25, -0.2) is 4.98 Å². The number of carbonyl (C=O) groups excluding carboxylic acids is 1. The molecule has 1 saturated heterocycles. The van der Waals surface area contributed by atoms with Gasteiger partial charge in [0, 0.05) is 38.3 Å². The molecular weight excluding hydrogens is 330 g/mol. The highest BCUT2D eigenvalue weighted by molar-refractivity contribution is 6.32. The number of piperazine rings is 1. The second-order valence-electron chi connectivity index (χ2n) is 6.23. The first-order valence-electron chi connectivity index (χ1n) is 8.15. The molecule has 0 atom stereocenters. The Morgan fingerprint density at radius 3 is 2.79 bits per heavy atom. The number of carbonyl (C=O) groups is 1. The van der Waals surface area contributed by atoms with E-state index in [4.69, 9.17) is 16.1 Å². The molecule has 1 aliphatic carbocycles. The summed E-state index contributed by atoms with van der Waals surface area (Å²) in [4.78, 5) is 25.0. The van der Waals surface area contributed by atoms with Crippen molar-refractivity contribution in [2.75, 3.05) is 26.2 Å². The summed E-state index contributed by atoms with van der Waals surface area (Å²) in [5.74, 6) is 1.91. The standard InChI is InChI=1S/C16H18ClN5O2/c17-14-12(2-1-5-18-14)16(23)22-8-6-21(7-9-22)10-13-19-15(24-20-13)11-3-4-11/h1-2,5,11H,3-4,6-10H2. The van der Waals surface area contributed by atoms with Gasteiger partial charge < -0.3 is 9.42 Å². The highest BCUT2D eigenvalue weighted by Gasteiger charge is 2.30. The van der Waals surface area contributed by atoms with Crippen LogP contribution in [0.3, 0.4) is 0 Å². The highest BCUT2D eigenvalue weighted by Crippen LogP contribution is 2.38. The lowest BCUT2D eigenvalue weighted by molar-refractivity contribution is 0.0624. The molecule has 2 aromatic heterocycles. The minimum Gasteiger partial charge on any atom is -0.339 e. The van der Waals surface area contributed by atoms with E-state index in [1.165, 1.54) is 0 Å². The molecule has 3 heterocycles. The van der Waals surface area contributed by atoms with E-state index in [0.29, 0.717) is 31.1 Å². The van der Waals surface area contributed by atoms with E-state index in [0.717, 1.165) is 37.6 Å². The van der Waals surface area contributed by atoms with Crippen molar-refractivity contribution >= 4 is 17.5 Å². The summed E-state index contributed by atoms with van der Waals surface area (Å²) in [6.07, 6.45) is 3.89. The molecule has 24 heavy (non-hydrogen) atoms. The maximum Gasteiger partial charge on any atom is 0.257 e. The van der Waals surface area contributed by atoms with Crippen molar-refractivity contribution in [3.05, 3.63) is 40.8 Å². The van der Waals surface area contributed by atoms with E-state index in [1.807, 2.05) is 4.90 Å². The molecule has 1 saturated carbocycles. The zero-order valence-electron chi connectivity index (χ0n) is 13.2. The van der Waals surface area contributed by atoms with Crippen molar-refractivity contribution in [2.24, 2.45) is 0 Å². The number of aromatic nitrogens is 3. The van der Waals surface area contributed by atoms with Gasteiger partial charge in [0.25, 0.3) is 5.91 Å². The van der Waals surface area contributed by atoms with Crippen LogP contribution in [0.25, 0.3) is 0 Å². The van der Waals surface area contributed by atoms with E-state index < -0.39 is 0 Å². The summed E-state index contributed by atoms with van der Waals surface area (Å²) >= 11 is 6.01. The summed E-state index contributed by atoms with van der Waals surface area (Å²) in [7, 11) is 0. The Bertz CT molecular complexity index is 738. The number of amides is 1. The second-order valence-corrected chi connectivity index (χ2v) is 6.59.